The van der Waals surface area contributed by atoms with Gasteiger partial charge in [0, 0.05) is 6.54 Å². The molecule has 26 heavy (non-hydrogen) atoms. The Morgan fingerprint density at radius 2 is 1.81 bits per heavy atom. The second kappa shape index (κ2) is 9.82. The van der Waals surface area contributed by atoms with Crippen LogP contribution >= 0.6 is 0 Å². The maximum Gasteiger partial charge on any atom is 0.321 e. The van der Waals surface area contributed by atoms with E-state index in [0.717, 1.165) is 11.1 Å². The third-order valence-corrected chi connectivity index (χ3v) is 3.93. The molecule has 2 aromatic carbocycles. The Kier molecular flexibility index (Phi) is 7.48. The van der Waals surface area contributed by atoms with E-state index in [1.165, 1.54) is 0 Å². The summed E-state index contributed by atoms with van der Waals surface area (Å²) < 4.78 is 11.1. The summed E-state index contributed by atoms with van der Waals surface area (Å²) in [6, 6.07) is 14.6. The molecule has 0 aliphatic rings. The standard InChI is InChI=1S/C21H27NO4/c1-15(2)14-26-20-12-17(9-10-19(20)25-3)13-22-18(21(23)24)11-16-7-5-4-6-8-16/h4-10,12,15,18,22H,11,13-14H2,1-3H3,(H,23,24)/t18-/m0/s1. The number of carboxylic acid groups (broad SMARTS) is 1. The van der Waals surface area contributed by atoms with Crippen LogP contribution in [0.5, 0.6) is 11.5 Å². The van der Waals surface area contributed by atoms with Crippen LogP contribution in [-0.2, 0) is 17.8 Å². The summed E-state index contributed by atoms with van der Waals surface area (Å²) in [5.41, 5.74) is 1.94. The van der Waals surface area contributed by atoms with Crippen molar-refractivity contribution in [2.45, 2.75) is 32.9 Å². The van der Waals surface area contributed by atoms with E-state index in [0.29, 0.717) is 37.0 Å². The van der Waals surface area contributed by atoms with Crippen LogP contribution in [0.2, 0.25) is 0 Å². The predicted octanol–water partition coefficient (Wildman–Crippen LogP) is 3.52. The number of ether oxygens (including phenoxy) is 2. The van der Waals surface area contributed by atoms with Crippen LogP contribution in [0.25, 0.3) is 0 Å². The van der Waals surface area contributed by atoms with Gasteiger partial charge in [0.05, 0.1) is 13.7 Å². The number of benzene rings is 2. The first-order chi connectivity index (χ1) is 12.5. The molecule has 0 aromatic heterocycles. The van der Waals surface area contributed by atoms with E-state index in [9.17, 15) is 9.90 Å². The number of methoxy groups -OCH3 is 1. The van der Waals surface area contributed by atoms with Gasteiger partial charge < -0.3 is 19.9 Å². The first kappa shape index (κ1) is 19.8. The third-order valence-electron chi connectivity index (χ3n) is 3.93. The number of hydrogen-bond donors (Lipinski definition) is 2. The molecule has 5 nitrogen and oxygen atoms in total. The zero-order valence-electron chi connectivity index (χ0n) is 15.6. The van der Waals surface area contributed by atoms with Crippen molar-refractivity contribution >= 4 is 5.97 Å². The van der Waals surface area contributed by atoms with Crippen molar-refractivity contribution < 1.29 is 19.4 Å². The first-order valence-corrected chi connectivity index (χ1v) is 8.79. The summed E-state index contributed by atoms with van der Waals surface area (Å²) in [5.74, 6) is 0.895. The molecule has 0 amide bonds. The molecule has 2 N–H and O–H groups in total. The topological polar surface area (TPSA) is 67.8 Å². The number of rotatable bonds is 10. The van der Waals surface area contributed by atoms with Crippen LogP contribution < -0.4 is 14.8 Å². The van der Waals surface area contributed by atoms with Crippen LogP contribution in [0.3, 0.4) is 0 Å². The third kappa shape index (κ3) is 6.08. The molecule has 0 bridgehead atoms. The van der Waals surface area contributed by atoms with Gasteiger partial charge in [0.1, 0.15) is 6.04 Å². The maximum absolute atomic E-state index is 11.6. The molecule has 0 fully saturated rings. The lowest BCUT2D eigenvalue weighted by Crippen LogP contribution is -2.38. The summed E-state index contributed by atoms with van der Waals surface area (Å²) in [4.78, 5) is 11.6. The van der Waals surface area contributed by atoms with Gasteiger partial charge in [-0.3, -0.25) is 4.79 Å². The lowest BCUT2D eigenvalue weighted by atomic mass is 10.1. The van der Waals surface area contributed by atoms with E-state index in [-0.39, 0.29) is 0 Å². The molecule has 0 aliphatic carbocycles. The molecule has 1 atom stereocenters. The summed E-state index contributed by atoms with van der Waals surface area (Å²) >= 11 is 0. The lowest BCUT2D eigenvalue weighted by molar-refractivity contribution is -0.139. The molecule has 0 saturated carbocycles. The molecule has 0 aliphatic heterocycles. The Bertz CT molecular complexity index is 700. The van der Waals surface area contributed by atoms with Crippen LogP contribution in [-0.4, -0.2) is 30.8 Å². The summed E-state index contributed by atoms with van der Waals surface area (Å²) in [5, 5.41) is 12.6. The number of aliphatic carboxylic acids is 1. The molecule has 0 saturated heterocycles. The lowest BCUT2D eigenvalue weighted by Gasteiger charge is -2.17. The van der Waals surface area contributed by atoms with Gasteiger partial charge in [-0.2, -0.15) is 0 Å². The number of hydrogen-bond acceptors (Lipinski definition) is 4. The molecular formula is C21H27NO4. The number of carboxylic acids is 1. The second-order valence-corrected chi connectivity index (χ2v) is 6.65. The zero-order chi connectivity index (χ0) is 18.9. The fourth-order valence-electron chi connectivity index (χ4n) is 2.54. The highest BCUT2D eigenvalue weighted by Gasteiger charge is 2.17. The Hall–Kier alpha value is -2.53. The van der Waals surface area contributed by atoms with E-state index in [1.54, 1.807) is 7.11 Å². The van der Waals surface area contributed by atoms with Crippen molar-refractivity contribution in [2.24, 2.45) is 5.92 Å². The Balaban J connectivity index is 2.03. The van der Waals surface area contributed by atoms with E-state index >= 15 is 0 Å². The second-order valence-electron chi connectivity index (χ2n) is 6.65. The molecule has 2 rings (SSSR count). The highest BCUT2D eigenvalue weighted by atomic mass is 16.5. The zero-order valence-corrected chi connectivity index (χ0v) is 15.6. The molecule has 0 heterocycles. The van der Waals surface area contributed by atoms with Gasteiger partial charge in [-0.15, -0.1) is 0 Å². The maximum atomic E-state index is 11.6. The van der Waals surface area contributed by atoms with Crippen molar-refractivity contribution in [1.29, 1.82) is 0 Å². The Labute approximate surface area is 155 Å². The number of carbonyl (C=O) groups is 1. The van der Waals surface area contributed by atoms with Gasteiger partial charge in [0.15, 0.2) is 11.5 Å². The number of nitrogens with one attached hydrogen (secondary N) is 1. The molecule has 0 radical (unpaired) electrons. The van der Waals surface area contributed by atoms with Crippen molar-refractivity contribution in [1.82, 2.24) is 5.32 Å². The van der Waals surface area contributed by atoms with Crippen LogP contribution in [0.4, 0.5) is 0 Å². The van der Waals surface area contributed by atoms with Crippen LogP contribution in [0, 0.1) is 5.92 Å². The Morgan fingerprint density at radius 3 is 2.42 bits per heavy atom. The minimum atomic E-state index is -0.862. The van der Waals surface area contributed by atoms with Crippen molar-refractivity contribution in [3.05, 3.63) is 59.7 Å². The average molecular weight is 357 g/mol. The molecular weight excluding hydrogens is 330 g/mol. The van der Waals surface area contributed by atoms with Gasteiger partial charge in [0.25, 0.3) is 0 Å². The monoisotopic (exact) mass is 357 g/mol. The molecule has 2 aromatic rings. The van der Waals surface area contributed by atoms with E-state index < -0.39 is 12.0 Å². The minimum absolute atomic E-state index is 0.406. The molecule has 140 valence electrons. The van der Waals surface area contributed by atoms with E-state index in [2.05, 4.69) is 19.2 Å². The fraction of sp³-hybridized carbons (Fsp3) is 0.381. The largest absolute Gasteiger partial charge is 0.493 e. The highest BCUT2D eigenvalue weighted by molar-refractivity contribution is 5.73. The average Bonchev–Trinajstić information content (AvgIpc) is 2.64. The van der Waals surface area contributed by atoms with Crippen molar-refractivity contribution in [3.8, 4) is 11.5 Å². The SMILES string of the molecule is COc1ccc(CN[C@@H](Cc2ccccc2)C(=O)O)cc1OCC(C)C. The van der Waals surface area contributed by atoms with Crippen molar-refractivity contribution in [2.75, 3.05) is 13.7 Å². The Morgan fingerprint density at radius 1 is 1.08 bits per heavy atom. The molecule has 0 spiro atoms. The minimum Gasteiger partial charge on any atom is -0.493 e. The van der Waals surface area contributed by atoms with Gasteiger partial charge in [-0.05, 0) is 35.6 Å². The summed E-state index contributed by atoms with van der Waals surface area (Å²) in [6.45, 7) is 5.20. The predicted molar refractivity (Wildman–Crippen MR) is 102 cm³/mol. The van der Waals surface area contributed by atoms with Gasteiger partial charge in [0.2, 0.25) is 0 Å². The smallest absolute Gasteiger partial charge is 0.321 e. The quantitative estimate of drug-likeness (QED) is 0.681. The first-order valence-electron chi connectivity index (χ1n) is 8.79. The van der Waals surface area contributed by atoms with Gasteiger partial charge in [-0.25, -0.2) is 0 Å². The molecule has 5 heteroatoms. The van der Waals surface area contributed by atoms with Gasteiger partial charge in [-0.1, -0.05) is 50.2 Å². The van der Waals surface area contributed by atoms with Crippen molar-refractivity contribution in [3.63, 3.8) is 0 Å². The fourth-order valence-corrected chi connectivity index (χ4v) is 2.54. The normalized spacial score (nSPS) is 12.0. The summed E-state index contributed by atoms with van der Waals surface area (Å²) in [6.07, 6.45) is 0.434. The van der Waals surface area contributed by atoms with E-state index in [1.807, 2.05) is 48.5 Å². The van der Waals surface area contributed by atoms with Crippen LogP contribution in [0.1, 0.15) is 25.0 Å². The highest BCUT2D eigenvalue weighted by Crippen LogP contribution is 2.28. The molecule has 0 unspecified atom stereocenters. The van der Waals surface area contributed by atoms with E-state index in [4.69, 9.17) is 9.47 Å². The summed E-state index contributed by atoms with van der Waals surface area (Å²) in [7, 11) is 1.61. The van der Waals surface area contributed by atoms with Crippen LogP contribution in [0.15, 0.2) is 48.5 Å². The van der Waals surface area contributed by atoms with Gasteiger partial charge >= 0.3 is 5.97 Å².